The number of rotatable bonds is 6. The predicted octanol–water partition coefficient (Wildman–Crippen LogP) is 3.15. The molecular weight excluding hydrogens is 350 g/mol. The number of para-hydroxylation sites is 2. The molecule has 1 N–H and O–H groups in total. The molecule has 0 bridgehead atoms. The van der Waals surface area contributed by atoms with Crippen molar-refractivity contribution in [2.24, 2.45) is 14.1 Å². The van der Waals surface area contributed by atoms with Gasteiger partial charge in [0.1, 0.15) is 11.9 Å². The summed E-state index contributed by atoms with van der Waals surface area (Å²) in [6.45, 7) is 0. The van der Waals surface area contributed by atoms with Crippen molar-refractivity contribution in [3.05, 3.63) is 83.9 Å². The van der Waals surface area contributed by atoms with Gasteiger partial charge in [0, 0.05) is 26.7 Å². The van der Waals surface area contributed by atoms with E-state index in [4.69, 9.17) is 4.98 Å². The maximum atomic E-state index is 12.7. The summed E-state index contributed by atoms with van der Waals surface area (Å²) in [7, 11) is 3.86. The number of hydrogen-bond donors (Lipinski definition) is 1. The molecule has 28 heavy (non-hydrogen) atoms. The molecule has 6 heteroatoms. The SMILES string of the molecule is Cn1cc(CCC(=O)NC(c2ccccc2)c2nc3ccccc3n2C)cn1. The minimum absolute atomic E-state index is 0.00948. The maximum absolute atomic E-state index is 12.7. The first-order valence-corrected chi connectivity index (χ1v) is 9.35. The van der Waals surface area contributed by atoms with Gasteiger partial charge in [0.2, 0.25) is 5.91 Å². The molecule has 0 aliphatic rings. The lowest BCUT2D eigenvalue weighted by molar-refractivity contribution is -0.121. The zero-order chi connectivity index (χ0) is 19.5. The van der Waals surface area contributed by atoms with Crippen molar-refractivity contribution in [2.75, 3.05) is 0 Å². The van der Waals surface area contributed by atoms with Crippen molar-refractivity contribution in [1.82, 2.24) is 24.6 Å². The Hall–Kier alpha value is -3.41. The van der Waals surface area contributed by atoms with E-state index in [0.717, 1.165) is 28.0 Å². The highest BCUT2D eigenvalue weighted by Crippen LogP contribution is 2.25. The molecule has 6 nitrogen and oxygen atoms in total. The van der Waals surface area contributed by atoms with Gasteiger partial charge in [0.25, 0.3) is 0 Å². The highest BCUT2D eigenvalue weighted by Gasteiger charge is 2.22. The Morgan fingerprint density at radius 2 is 1.82 bits per heavy atom. The lowest BCUT2D eigenvalue weighted by Gasteiger charge is -2.19. The van der Waals surface area contributed by atoms with Gasteiger partial charge >= 0.3 is 0 Å². The number of hydrogen-bond acceptors (Lipinski definition) is 3. The number of aromatic nitrogens is 4. The fourth-order valence-electron chi connectivity index (χ4n) is 3.46. The van der Waals surface area contributed by atoms with Gasteiger partial charge < -0.3 is 9.88 Å². The van der Waals surface area contributed by atoms with E-state index in [2.05, 4.69) is 10.4 Å². The lowest BCUT2D eigenvalue weighted by atomic mass is 10.1. The minimum Gasteiger partial charge on any atom is -0.342 e. The van der Waals surface area contributed by atoms with Crippen molar-refractivity contribution in [2.45, 2.75) is 18.9 Å². The van der Waals surface area contributed by atoms with E-state index in [0.29, 0.717) is 12.8 Å². The summed E-state index contributed by atoms with van der Waals surface area (Å²) in [5.41, 5.74) is 4.03. The number of aryl methyl sites for hydroxylation is 3. The third-order valence-electron chi connectivity index (χ3n) is 4.92. The van der Waals surface area contributed by atoms with Crippen LogP contribution in [0.1, 0.15) is 29.4 Å². The van der Waals surface area contributed by atoms with Gasteiger partial charge in [-0.05, 0) is 29.7 Å². The molecule has 0 radical (unpaired) electrons. The molecule has 142 valence electrons. The van der Waals surface area contributed by atoms with Gasteiger partial charge in [0.05, 0.1) is 17.2 Å². The Morgan fingerprint density at radius 3 is 2.54 bits per heavy atom. The molecule has 0 saturated carbocycles. The Balaban J connectivity index is 1.60. The Kier molecular flexibility index (Phi) is 4.93. The second-order valence-electron chi connectivity index (χ2n) is 6.95. The number of fused-ring (bicyclic) bond motifs is 1. The van der Waals surface area contributed by atoms with Gasteiger partial charge in [-0.15, -0.1) is 0 Å². The first kappa shape index (κ1) is 18.0. The van der Waals surface area contributed by atoms with Crippen LogP contribution in [0.5, 0.6) is 0 Å². The highest BCUT2D eigenvalue weighted by atomic mass is 16.1. The quantitative estimate of drug-likeness (QED) is 0.565. The summed E-state index contributed by atoms with van der Waals surface area (Å²) in [4.78, 5) is 17.5. The van der Waals surface area contributed by atoms with E-state index in [1.54, 1.807) is 10.9 Å². The summed E-state index contributed by atoms with van der Waals surface area (Å²) in [6.07, 6.45) is 4.80. The summed E-state index contributed by atoms with van der Waals surface area (Å²) < 4.78 is 3.80. The highest BCUT2D eigenvalue weighted by molar-refractivity contribution is 5.78. The maximum Gasteiger partial charge on any atom is 0.221 e. The van der Waals surface area contributed by atoms with Gasteiger partial charge in [-0.25, -0.2) is 4.98 Å². The van der Waals surface area contributed by atoms with E-state index in [1.165, 1.54) is 0 Å². The van der Waals surface area contributed by atoms with E-state index < -0.39 is 0 Å². The molecule has 0 saturated heterocycles. The fraction of sp³-hybridized carbons (Fsp3) is 0.227. The van der Waals surface area contributed by atoms with Crippen LogP contribution in [0.4, 0.5) is 0 Å². The topological polar surface area (TPSA) is 64.7 Å². The molecule has 0 aliphatic carbocycles. The number of benzene rings is 2. The Morgan fingerprint density at radius 1 is 1.07 bits per heavy atom. The Labute approximate surface area is 163 Å². The average Bonchev–Trinajstić information content (AvgIpc) is 3.28. The van der Waals surface area contributed by atoms with Crippen molar-refractivity contribution in [3.63, 3.8) is 0 Å². The van der Waals surface area contributed by atoms with Crippen LogP contribution in [-0.4, -0.2) is 25.2 Å². The van der Waals surface area contributed by atoms with Crippen LogP contribution >= 0.6 is 0 Å². The molecule has 2 aromatic carbocycles. The lowest BCUT2D eigenvalue weighted by Crippen LogP contribution is -2.31. The van der Waals surface area contributed by atoms with Crippen LogP contribution in [0.15, 0.2) is 67.0 Å². The first-order valence-electron chi connectivity index (χ1n) is 9.35. The van der Waals surface area contributed by atoms with Crippen molar-refractivity contribution in [3.8, 4) is 0 Å². The second-order valence-corrected chi connectivity index (χ2v) is 6.95. The van der Waals surface area contributed by atoms with Crippen LogP contribution in [0, 0.1) is 0 Å². The average molecular weight is 373 g/mol. The smallest absolute Gasteiger partial charge is 0.221 e. The third-order valence-corrected chi connectivity index (χ3v) is 4.92. The molecule has 1 unspecified atom stereocenters. The van der Waals surface area contributed by atoms with Gasteiger partial charge in [-0.1, -0.05) is 42.5 Å². The molecule has 2 heterocycles. The molecule has 0 fully saturated rings. The Bertz CT molecular complexity index is 1100. The predicted molar refractivity (Wildman–Crippen MR) is 109 cm³/mol. The summed E-state index contributed by atoms with van der Waals surface area (Å²) in [5, 5.41) is 7.34. The molecule has 4 rings (SSSR count). The van der Waals surface area contributed by atoms with E-state index in [-0.39, 0.29) is 11.9 Å². The van der Waals surface area contributed by atoms with Crippen LogP contribution in [0.25, 0.3) is 11.0 Å². The molecular formula is C22H23N5O. The number of nitrogens with one attached hydrogen (secondary N) is 1. The minimum atomic E-state index is -0.306. The standard InChI is InChI=1S/C22H23N5O/c1-26-15-16(14-23-26)12-13-20(28)25-21(17-8-4-3-5-9-17)22-24-18-10-6-7-11-19(18)27(22)2/h3-11,14-15,21H,12-13H2,1-2H3,(H,25,28). The van der Waals surface area contributed by atoms with Crippen LogP contribution in [0.3, 0.4) is 0 Å². The number of imidazole rings is 1. The number of carbonyl (C=O) groups excluding carboxylic acids is 1. The second kappa shape index (κ2) is 7.68. The van der Waals surface area contributed by atoms with Crippen LogP contribution < -0.4 is 5.32 Å². The number of nitrogens with zero attached hydrogens (tertiary/aromatic N) is 4. The number of carbonyl (C=O) groups is 1. The zero-order valence-electron chi connectivity index (χ0n) is 16.0. The fourth-order valence-corrected chi connectivity index (χ4v) is 3.46. The molecule has 0 spiro atoms. The van der Waals surface area contributed by atoms with Crippen LogP contribution in [0.2, 0.25) is 0 Å². The van der Waals surface area contributed by atoms with Crippen molar-refractivity contribution >= 4 is 16.9 Å². The largest absolute Gasteiger partial charge is 0.342 e. The molecule has 0 aliphatic heterocycles. The summed E-state index contributed by atoms with van der Waals surface area (Å²) >= 11 is 0. The summed E-state index contributed by atoms with van der Waals surface area (Å²) in [6, 6.07) is 17.7. The van der Waals surface area contributed by atoms with E-state index in [9.17, 15) is 4.79 Å². The van der Waals surface area contributed by atoms with Gasteiger partial charge in [-0.2, -0.15) is 5.10 Å². The van der Waals surface area contributed by atoms with Gasteiger partial charge in [-0.3, -0.25) is 9.48 Å². The normalized spacial score (nSPS) is 12.2. The molecule has 2 aromatic heterocycles. The molecule has 1 amide bonds. The van der Waals surface area contributed by atoms with E-state index >= 15 is 0 Å². The monoisotopic (exact) mass is 373 g/mol. The number of amides is 1. The van der Waals surface area contributed by atoms with Crippen molar-refractivity contribution in [1.29, 1.82) is 0 Å². The van der Waals surface area contributed by atoms with Crippen LogP contribution in [-0.2, 0) is 25.3 Å². The van der Waals surface area contributed by atoms with Gasteiger partial charge in [0.15, 0.2) is 0 Å². The molecule has 1 atom stereocenters. The zero-order valence-corrected chi connectivity index (χ0v) is 16.0. The third kappa shape index (κ3) is 3.67. The van der Waals surface area contributed by atoms with Crippen molar-refractivity contribution < 1.29 is 4.79 Å². The molecule has 4 aromatic rings. The summed E-state index contributed by atoms with van der Waals surface area (Å²) in [5.74, 6) is 0.812. The first-order chi connectivity index (χ1) is 13.6. The van der Waals surface area contributed by atoms with E-state index in [1.807, 2.05) is 79.5 Å².